The first-order valence-electron chi connectivity index (χ1n) is 5.56. The predicted octanol–water partition coefficient (Wildman–Crippen LogP) is 1.17. The van der Waals surface area contributed by atoms with Crippen LogP contribution in [0.2, 0.25) is 0 Å². The number of nitrogens with zero attached hydrogens (tertiary/aromatic N) is 3. The van der Waals surface area contributed by atoms with Gasteiger partial charge in [0, 0.05) is 13.6 Å². The van der Waals surface area contributed by atoms with Crippen LogP contribution in [0.15, 0.2) is 18.3 Å². The summed E-state index contributed by atoms with van der Waals surface area (Å²) in [5.74, 6) is -0.994. The Morgan fingerprint density at radius 3 is 2.47 bits per heavy atom. The lowest BCUT2D eigenvalue weighted by atomic mass is 10.3. The van der Waals surface area contributed by atoms with Crippen LogP contribution in [0.3, 0.4) is 0 Å². The molecule has 0 fully saturated rings. The molecule has 0 aliphatic heterocycles. The molecule has 0 aliphatic rings. The molecule has 0 bridgehead atoms. The van der Waals surface area contributed by atoms with E-state index in [1.165, 1.54) is 6.07 Å². The second-order valence-electron chi connectivity index (χ2n) is 4.29. The number of rotatable bonds is 6. The maximum atomic E-state index is 10.6. The molecule has 0 saturated carbocycles. The summed E-state index contributed by atoms with van der Waals surface area (Å²) < 4.78 is 0. The van der Waals surface area contributed by atoms with Gasteiger partial charge in [0.15, 0.2) is 0 Å². The normalized spacial score (nSPS) is 10.6. The fourth-order valence-electron chi connectivity index (χ4n) is 1.49. The van der Waals surface area contributed by atoms with Gasteiger partial charge in [-0.05, 0) is 39.2 Å². The molecule has 5 heteroatoms. The standard InChI is InChI=1S/C12H19N3O2/c1-14(2)7-4-8-15(3)10-5-6-11(12(16)17)13-9-10/h5-6,9H,4,7-8H2,1-3H3,(H,16,17). The Morgan fingerprint density at radius 2 is 2.00 bits per heavy atom. The van der Waals surface area contributed by atoms with Crippen LogP contribution in [-0.2, 0) is 0 Å². The van der Waals surface area contributed by atoms with Crippen LogP contribution in [0.5, 0.6) is 0 Å². The SMILES string of the molecule is CN(C)CCCN(C)c1ccc(C(=O)O)nc1. The van der Waals surface area contributed by atoms with E-state index < -0.39 is 5.97 Å². The van der Waals surface area contributed by atoms with E-state index in [2.05, 4.69) is 14.8 Å². The molecule has 0 atom stereocenters. The van der Waals surface area contributed by atoms with E-state index in [-0.39, 0.29) is 5.69 Å². The average molecular weight is 237 g/mol. The number of hydrogen-bond acceptors (Lipinski definition) is 4. The third-order valence-corrected chi connectivity index (χ3v) is 2.51. The van der Waals surface area contributed by atoms with Gasteiger partial charge in [0.25, 0.3) is 0 Å². The summed E-state index contributed by atoms with van der Waals surface area (Å²) in [6, 6.07) is 3.31. The van der Waals surface area contributed by atoms with Gasteiger partial charge in [0.05, 0.1) is 11.9 Å². The molecule has 94 valence electrons. The Morgan fingerprint density at radius 1 is 1.29 bits per heavy atom. The zero-order valence-electron chi connectivity index (χ0n) is 10.6. The van der Waals surface area contributed by atoms with Gasteiger partial charge in [0.1, 0.15) is 5.69 Å². The van der Waals surface area contributed by atoms with Crippen molar-refractivity contribution in [1.82, 2.24) is 9.88 Å². The van der Waals surface area contributed by atoms with E-state index in [0.29, 0.717) is 0 Å². The smallest absolute Gasteiger partial charge is 0.354 e. The lowest BCUT2D eigenvalue weighted by molar-refractivity contribution is 0.0690. The molecule has 0 aliphatic carbocycles. The molecule has 0 radical (unpaired) electrons. The molecule has 0 spiro atoms. The van der Waals surface area contributed by atoms with Crippen molar-refractivity contribution in [2.75, 3.05) is 39.1 Å². The van der Waals surface area contributed by atoms with E-state index in [1.807, 2.05) is 21.1 Å². The van der Waals surface area contributed by atoms with Crippen molar-refractivity contribution in [3.05, 3.63) is 24.0 Å². The lowest BCUT2D eigenvalue weighted by Gasteiger charge is -2.20. The summed E-state index contributed by atoms with van der Waals surface area (Å²) in [5, 5.41) is 8.74. The first-order valence-corrected chi connectivity index (χ1v) is 5.56. The van der Waals surface area contributed by atoms with Gasteiger partial charge in [-0.15, -0.1) is 0 Å². The molecule has 0 aromatic carbocycles. The molecular formula is C12H19N3O2. The van der Waals surface area contributed by atoms with Crippen LogP contribution in [0, 0.1) is 0 Å². The molecule has 17 heavy (non-hydrogen) atoms. The number of aromatic nitrogens is 1. The van der Waals surface area contributed by atoms with Gasteiger partial charge in [-0.1, -0.05) is 0 Å². The maximum Gasteiger partial charge on any atom is 0.354 e. The molecule has 1 rings (SSSR count). The predicted molar refractivity (Wildman–Crippen MR) is 67.6 cm³/mol. The highest BCUT2D eigenvalue weighted by molar-refractivity contribution is 5.85. The second-order valence-corrected chi connectivity index (χ2v) is 4.29. The number of carboxylic acid groups (broad SMARTS) is 1. The summed E-state index contributed by atoms with van der Waals surface area (Å²) in [6.45, 7) is 1.96. The molecule has 5 nitrogen and oxygen atoms in total. The number of carbonyl (C=O) groups is 1. The zero-order valence-corrected chi connectivity index (χ0v) is 10.6. The molecule has 0 amide bonds. The Balaban J connectivity index is 2.51. The molecule has 1 aromatic rings. The van der Waals surface area contributed by atoms with Gasteiger partial charge < -0.3 is 14.9 Å². The van der Waals surface area contributed by atoms with Crippen LogP contribution < -0.4 is 4.90 Å². The Kier molecular flexibility index (Phi) is 4.90. The fourth-order valence-corrected chi connectivity index (χ4v) is 1.49. The van der Waals surface area contributed by atoms with E-state index in [9.17, 15) is 4.79 Å². The Hall–Kier alpha value is -1.62. The minimum absolute atomic E-state index is 0.0791. The highest BCUT2D eigenvalue weighted by Gasteiger charge is 2.06. The highest BCUT2D eigenvalue weighted by atomic mass is 16.4. The summed E-state index contributed by atoms with van der Waals surface area (Å²) >= 11 is 0. The van der Waals surface area contributed by atoms with Crippen molar-refractivity contribution in [2.24, 2.45) is 0 Å². The average Bonchev–Trinajstić information content (AvgIpc) is 2.28. The summed E-state index contributed by atoms with van der Waals surface area (Å²) in [7, 11) is 6.07. The third kappa shape index (κ3) is 4.40. The topological polar surface area (TPSA) is 56.7 Å². The van der Waals surface area contributed by atoms with Gasteiger partial charge in [-0.3, -0.25) is 0 Å². The number of anilines is 1. The van der Waals surface area contributed by atoms with Crippen molar-refractivity contribution >= 4 is 11.7 Å². The number of hydrogen-bond donors (Lipinski definition) is 1. The van der Waals surface area contributed by atoms with Crippen LogP contribution >= 0.6 is 0 Å². The summed E-state index contributed by atoms with van der Waals surface area (Å²) in [4.78, 5) is 18.7. The Labute approximate surface area is 102 Å². The quantitative estimate of drug-likeness (QED) is 0.804. The van der Waals surface area contributed by atoms with Crippen molar-refractivity contribution in [2.45, 2.75) is 6.42 Å². The minimum Gasteiger partial charge on any atom is -0.477 e. The fraction of sp³-hybridized carbons (Fsp3) is 0.500. The largest absolute Gasteiger partial charge is 0.477 e. The van der Waals surface area contributed by atoms with Crippen LogP contribution in [0.4, 0.5) is 5.69 Å². The van der Waals surface area contributed by atoms with Crippen LogP contribution in [-0.4, -0.2) is 55.2 Å². The van der Waals surface area contributed by atoms with Crippen molar-refractivity contribution in [3.8, 4) is 0 Å². The van der Waals surface area contributed by atoms with Crippen molar-refractivity contribution in [1.29, 1.82) is 0 Å². The van der Waals surface area contributed by atoms with Gasteiger partial charge in [-0.2, -0.15) is 0 Å². The van der Waals surface area contributed by atoms with Crippen LogP contribution in [0.25, 0.3) is 0 Å². The zero-order chi connectivity index (χ0) is 12.8. The molecule has 1 heterocycles. The highest BCUT2D eigenvalue weighted by Crippen LogP contribution is 2.11. The van der Waals surface area contributed by atoms with Crippen molar-refractivity contribution < 1.29 is 9.90 Å². The molecule has 1 aromatic heterocycles. The van der Waals surface area contributed by atoms with Gasteiger partial charge >= 0.3 is 5.97 Å². The van der Waals surface area contributed by atoms with E-state index >= 15 is 0 Å². The molecular weight excluding hydrogens is 218 g/mol. The maximum absolute atomic E-state index is 10.6. The molecule has 0 saturated heterocycles. The summed E-state index contributed by atoms with van der Waals surface area (Å²) in [5.41, 5.74) is 1.02. The lowest BCUT2D eigenvalue weighted by Crippen LogP contribution is -2.23. The summed E-state index contributed by atoms with van der Waals surface area (Å²) in [6.07, 6.45) is 2.66. The number of pyridine rings is 1. The van der Waals surface area contributed by atoms with Crippen LogP contribution in [0.1, 0.15) is 16.9 Å². The minimum atomic E-state index is -0.994. The van der Waals surface area contributed by atoms with Gasteiger partial charge in [-0.25, -0.2) is 9.78 Å². The molecule has 0 unspecified atom stereocenters. The van der Waals surface area contributed by atoms with E-state index in [1.54, 1.807) is 12.3 Å². The van der Waals surface area contributed by atoms with E-state index in [0.717, 1.165) is 25.2 Å². The first-order chi connectivity index (χ1) is 8.00. The number of aromatic carboxylic acids is 1. The molecule has 1 N–H and O–H groups in total. The first kappa shape index (κ1) is 13.4. The number of carboxylic acids is 1. The van der Waals surface area contributed by atoms with Crippen molar-refractivity contribution in [3.63, 3.8) is 0 Å². The van der Waals surface area contributed by atoms with E-state index in [4.69, 9.17) is 5.11 Å². The monoisotopic (exact) mass is 237 g/mol. The third-order valence-electron chi connectivity index (χ3n) is 2.51. The second kappa shape index (κ2) is 6.20. The van der Waals surface area contributed by atoms with Gasteiger partial charge in [0.2, 0.25) is 0 Å². The Bertz CT molecular complexity index is 363.